The van der Waals surface area contributed by atoms with Gasteiger partial charge in [-0.25, -0.2) is 5.01 Å². The van der Waals surface area contributed by atoms with Crippen molar-refractivity contribution >= 4 is 11.9 Å². The number of carboxylic acid groups (broad SMARTS) is 1. The Morgan fingerprint density at radius 3 is 2.05 bits per heavy atom. The van der Waals surface area contributed by atoms with Crippen LogP contribution in [0.2, 0.25) is 0 Å². The number of hydrazine groups is 1. The summed E-state index contributed by atoms with van der Waals surface area (Å²) in [4.78, 5) is 23.8. The van der Waals surface area contributed by atoms with Crippen LogP contribution in [0.5, 0.6) is 0 Å². The van der Waals surface area contributed by atoms with E-state index in [0.29, 0.717) is 24.9 Å². The smallest absolute Gasteiger partial charge is 0.307 e. The largest absolute Gasteiger partial charge is 0.481 e. The SMILES string of the molecule is CC1CCCC(C)N1NC(=O)C1CCCCC1C(=O)O. The molecule has 0 aromatic rings. The molecule has 5 heteroatoms. The van der Waals surface area contributed by atoms with Crippen molar-refractivity contribution in [2.75, 3.05) is 0 Å². The fourth-order valence-corrected chi connectivity index (χ4v) is 3.59. The molecule has 2 rings (SSSR count). The maximum Gasteiger partial charge on any atom is 0.307 e. The van der Waals surface area contributed by atoms with Crippen LogP contribution in [-0.4, -0.2) is 34.1 Å². The van der Waals surface area contributed by atoms with Crippen LogP contribution in [0.1, 0.15) is 58.8 Å². The number of carboxylic acids is 1. The van der Waals surface area contributed by atoms with Gasteiger partial charge >= 0.3 is 5.97 Å². The average molecular weight is 282 g/mol. The monoisotopic (exact) mass is 282 g/mol. The molecule has 1 aliphatic heterocycles. The molecule has 2 fully saturated rings. The van der Waals surface area contributed by atoms with Gasteiger partial charge in [0, 0.05) is 12.1 Å². The molecule has 2 aliphatic rings. The van der Waals surface area contributed by atoms with Gasteiger partial charge in [0.05, 0.1) is 11.8 Å². The van der Waals surface area contributed by atoms with E-state index >= 15 is 0 Å². The van der Waals surface area contributed by atoms with Crippen molar-refractivity contribution in [3.63, 3.8) is 0 Å². The number of aliphatic carboxylic acids is 1. The molecule has 0 radical (unpaired) electrons. The highest BCUT2D eigenvalue weighted by Crippen LogP contribution is 2.31. The Labute approximate surface area is 120 Å². The van der Waals surface area contributed by atoms with Crippen molar-refractivity contribution in [3.8, 4) is 0 Å². The molecule has 0 spiro atoms. The summed E-state index contributed by atoms with van der Waals surface area (Å²) in [5.41, 5.74) is 3.00. The highest BCUT2D eigenvalue weighted by atomic mass is 16.4. The van der Waals surface area contributed by atoms with Gasteiger partial charge < -0.3 is 5.11 Å². The van der Waals surface area contributed by atoms with Gasteiger partial charge in [-0.2, -0.15) is 0 Å². The molecule has 114 valence electrons. The minimum Gasteiger partial charge on any atom is -0.481 e. The third-order valence-electron chi connectivity index (χ3n) is 4.85. The van der Waals surface area contributed by atoms with E-state index < -0.39 is 11.9 Å². The number of nitrogens with zero attached hydrogens (tertiary/aromatic N) is 1. The average Bonchev–Trinajstić information content (AvgIpc) is 2.43. The van der Waals surface area contributed by atoms with E-state index in [4.69, 9.17) is 0 Å². The van der Waals surface area contributed by atoms with E-state index in [-0.39, 0.29) is 11.8 Å². The second-order valence-electron chi connectivity index (χ2n) is 6.35. The molecule has 1 saturated heterocycles. The normalized spacial score (nSPS) is 35.5. The van der Waals surface area contributed by atoms with Crippen LogP contribution in [0, 0.1) is 11.8 Å². The Bertz CT molecular complexity index is 362. The molecule has 0 bridgehead atoms. The van der Waals surface area contributed by atoms with Crippen LogP contribution >= 0.6 is 0 Å². The van der Waals surface area contributed by atoms with E-state index in [1.807, 2.05) is 5.01 Å². The zero-order valence-corrected chi connectivity index (χ0v) is 12.5. The van der Waals surface area contributed by atoms with Crippen LogP contribution in [0.3, 0.4) is 0 Å². The molecule has 0 aromatic heterocycles. The van der Waals surface area contributed by atoms with E-state index in [9.17, 15) is 14.7 Å². The van der Waals surface area contributed by atoms with Gasteiger partial charge in [-0.3, -0.25) is 15.0 Å². The van der Waals surface area contributed by atoms with Crippen molar-refractivity contribution in [2.24, 2.45) is 11.8 Å². The minimum absolute atomic E-state index is 0.0994. The van der Waals surface area contributed by atoms with Crippen LogP contribution in [0.25, 0.3) is 0 Å². The van der Waals surface area contributed by atoms with Gasteiger partial charge in [-0.15, -0.1) is 0 Å². The number of rotatable bonds is 3. The third kappa shape index (κ3) is 3.32. The van der Waals surface area contributed by atoms with Crippen LogP contribution in [0.15, 0.2) is 0 Å². The summed E-state index contributed by atoms with van der Waals surface area (Å²) >= 11 is 0. The van der Waals surface area contributed by atoms with Crippen molar-refractivity contribution < 1.29 is 14.7 Å². The molecule has 1 saturated carbocycles. The fourth-order valence-electron chi connectivity index (χ4n) is 3.59. The molecule has 1 heterocycles. The highest BCUT2D eigenvalue weighted by molar-refractivity contribution is 5.84. The van der Waals surface area contributed by atoms with Gasteiger partial charge in [0.1, 0.15) is 0 Å². The summed E-state index contributed by atoms with van der Waals surface area (Å²) in [5.74, 6) is -1.82. The number of carbonyl (C=O) groups excluding carboxylic acids is 1. The van der Waals surface area contributed by atoms with Gasteiger partial charge in [0.2, 0.25) is 5.91 Å². The molecule has 20 heavy (non-hydrogen) atoms. The zero-order valence-electron chi connectivity index (χ0n) is 12.5. The van der Waals surface area contributed by atoms with E-state index in [1.54, 1.807) is 0 Å². The molecule has 2 N–H and O–H groups in total. The molecule has 4 unspecified atom stereocenters. The number of carbonyl (C=O) groups is 2. The van der Waals surface area contributed by atoms with Crippen molar-refractivity contribution in [2.45, 2.75) is 70.9 Å². The first kappa shape index (κ1) is 15.3. The topological polar surface area (TPSA) is 69.6 Å². The van der Waals surface area contributed by atoms with Gasteiger partial charge in [0.15, 0.2) is 0 Å². The minimum atomic E-state index is -0.829. The quantitative estimate of drug-likeness (QED) is 0.832. The Morgan fingerprint density at radius 2 is 1.50 bits per heavy atom. The predicted molar refractivity (Wildman–Crippen MR) is 75.8 cm³/mol. The zero-order chi connectivity index (χ0) is 14.7. The Balaban J connectivity index is 2.00. The lowest BCUT2D eigenvalue weighted by Crippen LogP contribution is -2.56. The molecule has 4 atom stereocenters. The first-order valence-electron chi connectivity index (χ1n) is 7.82. The maximum atomic E-state index is 12.5. The lowest BCUT2D eigenvalue weighted by Gasteiger charge is -2.40. The number of hydrogen-bond acceptors (Lipinski definition) is 3. The molecular weight excluding hydrogens is 256 g/mol. The van der Waals surface area contributed by atoms with E-state index in [2.05, 4.69) is 19.3 Å². The number of nitrogens with one attached hydrogen (secondary N) is 1. The predicted octanol–water partition coefficient (Wildman–Crippen LogP) is 2.17. The molecule has 1 amide bonds. The molecule has 5 nitrogen and oxygen atoms in total. The standard InChI is InChI=1S/C15H26N2O3/c1-10-6-5-7-11(2)17(10)16-14(18)12-8-3-4-9-13(12)15(19)20/h10-13H,3-9H2,1-2H3,(H,16,18)(H,19,20). The van der Waals surface area contributed by atoms with Gasteiger partial charge in [-0.1, -0.05) is 19.3 Å². The number of amides is 1. The Hall–Kier alpha value is -1.10. The molecular formula is C15H26N2O3. The van der Waals surface area contributed by atoms with Crippen molar-refractivity contribution in [1.82, 2.24) is 10.4 Å². The van der Waals surface area contributed by atoms with E-state index in [1.165, 1.54) is 6.42 Å². The summed E-state index contributed by atoms with van der Waals surface area (Å²) in [5, 5.41) is 11.3. The van der Waals surface area contributed by atoms with Crippen molar-refractivity contribution in [3.05, 3.63) is 0 Å². The second-order valence-corrected chi connectivity index (χ2v) is 6.35. The first-order valence-corrected chi connectivity index (χ1v) is 7.82. The highest BCUT2D eigenvalue weighted by Gasteiger charge is 2.37. The Morgan fingerprint density at radius 1 is 0.950 bits per heavy atom. The molecule has 1 aliphatic carbocycles. The van der Waals surface area contributed by atoms with E-state index in [0.717, 1.165) is 25.7 Å². The van der Waals surface area contributed by atoms with Crippen LogP contribution in [0.4, 0.5) is 0 Å². The summed E-state index contributed by atoms with van der Waals surface area (Å²) in [6.07, 6.45) is 6.54. The maximum absolute atomic E-state index is 12.5. The first-order chi connectivity index (χ1) is 9.50. The lowest BCUT2D eigenvalue weighted by atomic mass is 9.79. The fraction of sp³-hybridized carbons (Fsp3) is 0.867. The summed E-state index contributed by atoms with van der Waals surface area (Å²) in [6, 6.07) is 0.657. The summed E-state index contributed by atoms with van der Waals surface area (Å²) in [6.45, 7) is 4.23. The third-order valence-corrected chi connectivity index (χ3v) is 4.85. The van der Waals surface area contributed by atoms with Gasteiger partial charge in [-0.05, 0) is 39.5 Å². The summed E-state index contributed by atoms with van der Waals surface area (Å²) in [7, 11) is 0. The van der Waals surface area contributed by atoms with Crippen LogP contribution in [-0.2, 0) is 9.59 Å². The number of piperidine rings is 1. The van der Waals surface area contributed by atoms with Crippen molar-refractivity contribution in [1.29, 1.82) is 0 Å². The molecule has 0 aromatic carbocycles. The van der Waals surface area contributed by atoms with Gasteiger partial charge in [0.25, 0.3) is 0 Å². The second kappa shape index (κ2) is 6.57. The Kier molecular flexibility index (Phi) is 5.02. The van der Waals surface area contributed by atoms with Crippen LogP contribution < -0.4 is 5.43 Å². The number of hydrogen-bond donors (Lipinski definition) is 2. The summed E-state index contributed by atoms with van der Waals surface area (Å²) < 4.78 is 0. The lowest BCUT2D eigenvalue weighted by molar-refractivity contribution is -0.151.